The Morgan fingerprint density at radius 1 is 1.50 bits per heavy atom. The molecule has 0 aromatic carbocycles. The quantitative estimate of drug-likeness (QED) is 0.607. The van der Waals surface area contributed by atoms with E-state index in [4.69, 9.17) is 9.47 Å². The van der Waals surface area contributed by atoms with Crippen LogP contribution in [0.25, 0.3) is 0 Å². The maximum Gasteiger partial charge on any atom is 0.105 e. The summed E-state index contributed by atoms with van der Waals surface area (Å²) in [5.41, 5.74) is -0.0469. The van der Waals surface area contributed by atoms with E-state index in [-0.39, 0.29) is 5.60 Å². The Bertz CT molecular complexity index is 99.8. The normalized spacial score (nSPS) is 33.0. The number of methoxy groups -OCH3 is 2. The fraction of sp³-hybridized carbons (Fsp3) is 1.00. The van der Waals surface area contributed by atoms with Crippen LogP contribution in [-0.2, 0) is 9.47 Å². The van der Waals surface area contributed by atoms with Gasteiger partial charge in [0.2, 0.25) is 0 Å². The van der Waals surface area contributed by atoms with E-state index in [2.05, 4.69) is 5.32 Å². The first-order chi connectivity index (χ1) is 4.83. The van der Waals surface area contributed by atoms with Gasteiger partial charge in [-0.05, 0) is 13.0 Å². The summed E-state index contributed by atoms with van der Waals surface area (Å²) >= 11 is 0. The van der Waals surface area contributed by atoms with Crippen LogP contribution in [-0.4, -0.2) is 39.5 Å². The average Bonchev–Trinajstić information content (AvgIpc) is 2.39. The van der Waals surface area contributed by atoms with Crippen LogP contribution >= 0.6 is 0 Å². The lowest BCUT2D eigenvalue weighted by Crippen LogP contribution is -2.38. The van der Waals surface area contributed by atoms with E-state index in [1.54, 1.807) is 14.2 Å². The molecule has 1 aliphatic rings. The molecule has 0 saturated carbocycles. The summed E-state index contributed by atoms with van der Waals surface area (Å²) in [5, 5.41) is 3.24. The van der Waals surface area contributed by atoms with Gasteiger partial charge in [0.05, 0.1) is 6.61 Å². The van der Waals surface area contributed by atoms with E-state index in [0.29, 0.717) is 6.61 Å². The molecule has 1 saturated heterocycles. The van der Waals surface area contributed by atoms with Crippen LogP contribution in [0.1, 0.15) is 6.42 Å². The van der Waals surface area contributed by atoms with Crippen molar-refractivity contribution >= 4 is 0 Å². The molecular weight excluding hydrogens is 130 g/mol. The maximum absolute atomic E-state index is 5.35. The van der Waals surface area contributed by atoms with Gasteiger partial charge in [-0.2, -0.15) is 0 Å². The Kier molecular flexibility index (Phi) is 2.65. The minimum Gasteiger partial charge on any atom is -0.382 e. The Labute approximate surface area is 61.7 Å². The maximum atomic E-state index is 5.35. The summed E-state index contributed by atoms with van der Waals surface area (Å²) in [6.07, 6.45) is 1.05. The van der Waals surface area contributed by atoms with Crippen molar-refractivity contribution in [3.63, 3.8) is 0 Å². The van der Waals surface area contributed by atoms with E-state index >= 15 is 0 Å². The molecule has 0 spiro atoms. The predicted octanol–water partition coefficient (Wildman–Crippen LogP) is 0.0113. The molecule has 0 aromatic heterocycles. The molecule has 1 rings (SSSR count). The molecule has 0 radical (unpaired) electrons. The van der Waals surface area contributed by atoms with Gasteiger partial charge >= 0.3 is 0 Å². The smallest absolute Gasteiger partial charge is 0.105 e. The second-order valence-electron chi connectivity index (χ2n) is 2.75. The van der Waals surface area contributed by atoms with Gasteiger partial charge in [0.25, 0.3) is 0 Å². The van der Waals surface area contributed by atoms with E-state index in [1.165, 1.54) is 0 Å². The highest BCUT2D eigenvalue weighted by molar-refractivity contribution is 4.89. The lowest BCUT2D eigenvalue weighted by molar-refractivity contribution is -0.0492. The second kappa shape index (κ2) is 3.32. The predicted molar refractivity (Wildman–Crippen MR) is 39.1 cm³/mol. The fourth-order valence-corrected chi connectivity index (χ4v) is 1.34. The average molecular weight is 145 g/mol. The zero-order valence-corrected chi connectivity index (χ0v) is 6.64. The minimum absolute atomic E-state index is 0.0469. The van der Waals surface area contributed by atoms with Crippen LogP contribution in [0.2, 0.25) is 0 Å². The molecule has 1 aliphatic heterocycles. The molecule has 1 fully saturated rings. The van der Waals surface area contributed by atoms with Crippen molar-refractivity contribution in [2.75, 3.05) is 33.9 Å². The molecule has 3 heteroatoms. The van der Waals surface area contributed by atoms with Gasteiger partial charge in [0, 0.05) is 20.8 Å². The van der Waals surface area contributed by atoms with Crippen molar-refractivity contribution in [3.8, 4) is 0 Å². The number of ether oxygens (including phenoxy) is 2. The van der Waals surface area contributed by atoms with E-state index in [9.17, 15) is 0 Å². The number of hydrogen-bond donors (Lipinski definition) is 1. The first kappa shape index (κ1) is 7.98. The SMILES string of the molecule is COCC1(OC)CCNC1. The molecule has 3 nitrogen and oxygen atoms in total. The molecule has 1 heterocycles. The van der Waals surface area contributed by atoms with Crippen LogP contribution in [0.15, 0.2) is 0 Å². The third-order valence-electron chi connectivity index (χ3n) is 2.04. The molecule has 1 atom stereocenters. The summed E-state index contributed by atoms with van der Waals surface area (Å²) in [6.45, 7) is 2.64. The van der Waals surface area contributed by atoms with Crippen molar-refractivity contribution in [1.29, 1.82) is 0 Å². The topological polar surface area (TPSA) is 30.5 Å². The van der Waals surface area contributed by atoms with Crippen molar-refractivity contribution in [2.45, 2.75) is 12.0 Å². The fourth-order valence-electron chi connectivity index (χ4n) is 1.34. The highest BCUT2D eigenvalue weighted by Gasteiger charge is 2.33. The standard InChI is InChI=1S/C7H15NO2/c1-9-6-7(10-2)3-4-8-5-7/h8H,3-6H2,1-2H3. The first-order valence-electron chi connectivity index (χ1n) is 3.58. The van der Waals surface area contributed by atoms with Crippen LogP contribution in [0.5, 0.6) is 0 Å². The summed E-state index contributed by atoms with van der Waals surface area (Å²) in [4.78, 5) is 0. The van der Waals surface area contributed by atoms with Crippen molar-refractivity contribution in [1.82, 2.24) is 5.32 Å². The molecule has 1 unspecified atom stereocenters. The van der Waals surface area contributed by atoms with Gasteiger partial charge in [0.15, 0.2) is 0 Å². The van der Waals surface area contributed by atoms with Gasteiger partial charge in [-0.3, -0.25) is 0 Å². The van der Waals surface area contributed by atoms with Crippen LogP contribution in [0.4, 0.5) is 0 Å². The Balaban J connectivity index is 2.41. The number of hydrogen-bond acceptors (Lipinski definition) is 3. The van der Waals surface area contributed by atoms with Gasteiger partial charge in [-0.25, -0.2) is 0 Å². The van der Waals surface area contributed by atoms with Crippen molar-refractivity contribution in [2.24, 2.45) is 0 Å². The van der Waals surface area contributed by atoms with Crippen LogP contribution in [0.3, 0.4) is 0 Å². The molecule has 10 heavy (non-hydrogen) atoms. The summed E-state index contributed by atoms with van der Waals surface area (Å²) in [5.74, 6) is 0. The zero-order valence-electron chi connectivity index (χ0n) is 6.64. The van der Waals surface area contributed by atoms with Gasteiger partial charge in [0.1, 0.15) is 5.60 Å². The van der Waals surface area contributed by atoms with E-state index < -0.39 is 0 Å². The van der Waals surface area contributed by atoms with Gasteiger partial charge in [-0.1, -0.05) is 0 Å². The second-order valence-corrected chi connectivity index (χ2v) is 2.75. The third-order valence-corrected chi connectivity index (χ3v) is 2.04. The Hall–Kier alpha value is -0.120. The summed E-state index contributed by atoms with van der Waals surface area (Å²) in [7, 11) is 3.45. The molecule has 0 aliphatic carbocycles. The van der Waals surface area contributed by atoms with Crippen molar-refractivity contribution < 1.29 is 9.47 Å². The number of rotatable bonds is 3. The highest BCUT2D eigenvalue weighted by atomic mass is 16.5. The lowest BCUT2D eigenvalue weighted by atomic mass is 10.1. The molecular formula is C7H15NO2. The highest BCUT2D eigenvalue weighted by Crippen LogP contribution is 2.18. The van der Waals surface area contributed by atoms with Crippen LogP contribution in [0, 0.1) is 0 Å². The largest absolute Gasteiger partial charge is 0.382 e. The van der Waals surface area contributed by atoms with E-state index in [1.807, 2.05) is 0 Å². The third kappa shape index (κ3) is 1.48. The molecule has 1 N–H and O–H groups in total. The molecule has 0 amide bonds. The zero-order chi connectivity index (χ0) is 7.45. The molecule has 0 aromatic rings. The van der Waals surface area contributed by atoms with Crippen molar-refractivity contribution in [3.05, 3.63) is 0 Å². The Morgan fingerprint density at radius 2 is 2.30 bits per heavy atom. The van der Waals surface area contributed by atoms with E-state index in [0.717, 1.165) is 19.5 Å². The monoisotopic (exact) mass is 145 g/mol. The Morgan fingerprint density at radius 3 is 2.70 bits per heavy atom. The minimum atomic E-state index is -0.0469. The summed E-state index contributed by atoms with van der Waals surface area (Å²) in [6, 6.07) is 0. The first-order valence-corrected chi connectivity index (χ1v) is 3.58. The molecule has 0 bridgehead atoms. The summed E-state index contributed by atoms with van der Waals surface area (Å²) < 4.78 is 10.4. The van der Waals surface area contributed by atoms with Gasteiger partial charge < -0.3 is 14.8 Å². The van der Waals surface area contributed by atoms with Crippen LogP contribution < -0.4 is 5.32 Å². The molecule has 60 valence electrons. The lowest BCUT2D eigenvalue weighted by Gasteiger charge is -2.25. The number of nitrogens with one attached hydrogen (secondary N) is 1. The van der Waals surface area contributed by atoms with Gasteiger partial charge in [-0.15, -0.1) is 0 Å².